The smallest absolute Gasteiger partial charge is 0.354 e. The average Bonchev–Trinajstić information content (AvgIpc) is 3.27. The van der Waals surface area contributed by atoms with E-state index in [4.69, 9.17) is 0 Å². The topological polar surface area (TPSA) is 116 Å². The Bertz CT molecular complexity index is 996. The van der Waals surface area contributed by atoms with E-state index < -0.39 is 44.5 Å². The van der Waals surface area contributed by atoms with E-state index in [-0.39, 0.29) is 43.4 Å². The number of carbonyl (C=O) groups excluding carboxylic acids is 2. The first kappa shape index (κ1) is 29.8. The number of rotatable bonds is 12. The van der Waals surface area contributed by atoms with Crippen LogP contribution in [0.1, 0.15) is 64.4 Å². The van der Waals surface area contributed by atoms with Gasteiger partial charge in [0.05, 0.1) is 10.5 Å². The van der Waals surface area contributed by atoms with Crippen molar-refractivity contribution >= 4 is 22.0 Å². The van der Waals surface area contributed by atoms with E-state index >= 15 is 0 Å². The third-order valence-electron chi connectivity index (χ3n) is 5.75. The molecule has 13 heteroatoms. The second-order valence-electron chi connectivity index (χ2n) is 9.32. The molecule has 1 atom stereocenters. The fourth-order valence-corrected chi connectivity index (χ4v) is 5.27. The van der Waals surface area contributed by atoms with Crippen molar-refractivity contribution in [1.29, 1.82) is 0 Å². The number of alkyl halides is 3. The standard InChI is InChI=1S/C23H34F4N4O4S/c1-15(2)13-19(31-22(33)30-17-7-3-4-8-17)21(32)28-11-5-6-12-29-36(34,35)20-10-9-16(24)14-18(20)23(25,26)27/h9-10,14-15,17,19,29H,3-8,11-13H2,1-2H3,(H,28,32)(H2,30,31,33)/t19-/m0/s1. The molecule has 0 aromatic heterocycles. The fraction of sp³-hybridized carbons (Fsp3) is 0.652. The van der Waals surface area contributed by atoms with E-state index in [9.17, 15) is 35.6 Å². The van der Waals surface area contributed by atoms with Gasteiger partial charge in [-0.05, 0) is 56.2 Å². The van der Waals surface area contributed by atoms with Crippen LogP contribution in [0, 0.1) is 11.7 Å². The van der Waals surface area contributed by atoms with Gasteiger partial charge in [-0.15, -0.1) is 0 Å². The molecule has 0 unspecified atom stereocenters. The molecule has 2 rings (SSSR count). The number of carbonyl (C=O) groups is 2. The lowest BCUT2D eigenvalue weighted by atomic mass is 10.0. The quantitative estimate of drug-likeness (QED) is 0.240. The van der Waals surface area contributed by atoms with Gasteiger partial charge in [0.1, 0.15) is 11.9 Å². The van der Waals surface area contributed by atoms with E-state index in [0.717, 1.165) is 25.7 Å². The zero-order valence-corrected chi connectivity index (χ0v) is 21.2. The lowest BCUT2D eigenvalue weighted by molar-refractivity contribution is -0.140. The van der Waals surface area contributed by atoms with Crippen molar-refractivity contribution < 1.29 is 35.6 Å². The normalized spacial score (nSPS) is 15.6. The molecule has 0 heterocycles. The maximum Gasteiger partial charge on any atom is 0.417 e. The Morgan fingerprint density at radius 1 is 1.08 bits per heavy atom. The van der Waals surface area contributed by atoms with Gasteiger partial charge in [-0.1, -0.05) is 26.7 Å². The lowest BCUT2D eigenvalue weighted by Crippen LogP contribution is -2.52. The molecule has 1 aromatic carbocycles. The summed E-state index contributed by atoms with van der Waals surface area (Å²) in [6.45, 7) is 3.86. The molecule has 1 aliphatic carbocycles. The average molecular weight is 539 g/mol. The van der Waals surface area contributed by atoms with Crippen LogP contribution in [-0.4, -0.2) is 45.5 Å². The van der Waals surface area contributed by atoms with Gasteiger partial charge in [-0.3, -0.25) is 4.79 Å². The highest BCUT2D eigenvalue weighted by molar-refractivity contribution is 7.89. The Hall–Kier alpha value is -2.41. The second kappa shape index (κ2) is 13.2. The van der Waals surface area contributed by atoms with E-state index in [1.807, 2.05) is 13.8 Å². The van der Waals surface area contributed by atoms with Crippen LogP contribution in [0.5, 0.6) is 0 Å². The van der Waals surface area contributed by atoms with Gasteiger partial charge < -0.3 is 16.0 Å². The van der Waals surface area contributed by atoms with Crippen LogP contribution in [0.4, 0.5) is 22.4 Å². The summed E-state index contributed by atoms with van der Waals surface area (Å²) < 4.78 is 79.3. The minimum atomic E-state index is -5.04. The molecule has 1 fully saturated rings. The van der Waals surface area contributed by atoms with Gasteiger partial charge in [0.25, 0.3) is 0 Å². The molecule has 0 bridgehead atoms. The Balaban J connectivity index is 1.80. The maximum absolute atomic E-state index is 13.2. The molecular weight excluding hydrogens is 504 g/mol. The molecule has 204 valence electrons. The van der Waals surface area contributed by atoms with Gasteiger partial charge in [0, 0.05) is 19.1 Å². The SMILES string of the molecule is CC(C)C[C@H](NC(=O)NC1CCCC1)C(=O)NCCCCNS(=O)(=O)c1ccc(F)cc1C(F)(F)F. The minimum Gasteiger partial charge on any atom is -0.354 e. The monoisotopic (exact) mass is 538 g/mol. The molecule has 0 spiro atoms. The third kappa shape index (κ3) is 9.57. The van der Waals surface area contributed by atoms with Crippen LogP contribution in [0.15, 0.2) is 23.1 Å². The van der Waals surface area contributed by atoms with Gasteiger partial charge in [0.15, 0.2) is 0 Å². The molecule has 8 nitrogen and oxygen atoms in total. The first-order valence-electron chi connectivity index (χ1n) is 12.0. The number of sulfonamides is 1. The molecule has 3 amide bonds. The Labute approximate surface area is 209 Å². The molecule has 1 saturated carbocycles. The molecule has 0 aliphatic heterocycles. The summed E-state index contributed by atoms with van der Waals surface area (Å²) in [7, 11) is -4.52. The summed E-state index contributed by atoms with van der Waals surface area (Å²) in [5.41, 5.74) is -1.58. The largest absolute Gasteiger partial charge is 0.417 e. The zero-order valence-electron chi connectivity index (χ0n) is 20.4. The van der Waals surface area contributed by atoms with Crippen molar-refractivity contribution in [3.8, 4) is 0 Å². The number of unbranched alkanes of at least 4 members (excludes halogenated alkanes) is 1. The zero-order chi connectivity index (χ0) is 26.9. The highest BCUT2D eigenvalue weighted by atomic mass is 32.2. The van der Waals surface area contributed by atoms with Crippen LogP contribution < -0.4 is 20.7 Å². The minimum absolute atomic E-state index is 0.110. The van der Waals surface area contributed by atoms with E-state index in [0.29, 0.717) is 25.0 Å². The number of nitrogens with one attached hydrogen (secondary N) is 4. The van der Waals surface area contributed by atoms with E-state index in [1.165, 1.54) is 0 Å². The number of hydrogen-bond acceptors (Lipinski definition) is 4. The number of benzene rings is 1. The second-order valence-corrected chi connectivity index (χ2v) is 11.1. The first-order chi connectivity index (χ1) is 16.8. The summed E-state index contributed by atoms with van der Waals surface area (Å²) in [4.78, 5) is 23.8. The molecular formula is C23H34F4N4O4S. The Morgan fingerprint density at radius 2 is 1.72 bits per heavy atom. The van der Waals surface area contributed by atoms with Gasteiger partial charge in [0.2, 0.25) is 15.9 Å². The van der Waals surface area contributed by atoms with Crippen LogP contribution in [0.2, 0.25) is 0 Å². The van der Waals surface area contributed by atoms with Gasteiger partial charge in [-0.2, -0.15) is 13.2 Å². The molecule has 1 aromatic rings. The van der Waals surface area contributed by atoms with Crippen molar-refractivity contribution in [1.82, 2.24) is 20.7 Å². The summed E-state index contributed by atoms with van der Waals surface area (Å²) in [6, 6.07) is 0.346. The third-order valence-corrected chi connectivity index (χ3v) is 7.27. The van der Waals surface area contributed by atoms with Crippen molar-refractivity contribution in [3.05, 3.63) is 29.6 Å². The van der Waals surface area contributed by atoms with Gasteiger partial charge in [-0.25, -0.2) is 22.3 Å². The predicted octanol–water partition coefficient (Wildman–Crippen LogP) is 3.68. The van der Waals surface area contributed by atoms with Crippen molar-refractivity contribution in [3.63, 3.8) is 0 Å². The summed E-state index contributed by atoms with van der Waals surface area (Å²) >= 11 is 0. The lowest BCUT2D eigenvalue weighted by Gasteiger charge is -2.22. The predicted molar refractivity (Wildman–Crippen MR) is 126 cm³/mol. The molecule has 4 N–H and O–H groups in total. The number of halogens is 4. The summed E-state index contributed by atoms with van der Waals surface area (Å²) in [5, 5.41) is 8.30. The Morgan fingerprint density at radius 3 is 2.33 bits per heavy atom. The number of urea groups is 1. The first-order valence-corrected chi connectivity index (χ1v) is 13.5. The van der Waals surface area contributed by atoms with Gasteiger partial charge >= 0.3 is 12.2 Å². The highest BCUT2D eigenvalue weighted by Gasteiger charge is 2.37. The fourth-order valence-electron chi connectivity index (χ4n) is 3.99. The maximum atomic E-state index is 13.2. The van der Waals surface area contributed by atoms with Crippen molar-refractivity contribution in [2.24, 2.45) is 5.92 Å². The van der Waals surface area contributed by atoms with Crippen LogP contribution >= 0.6 is 0 Å². The molecule has 0 radical (unpaired) electrons. The number of hydrogen-bond donors (Lipinski definition) is 4. The van der Waals surface area contributed by atoms with Crippen LogP contribution in [-0.2, 0) is 21.0 Å². The van der Waals surface area contributed by atoms with E-state index in [2.05, 4.69) is 20.7 Å². The molecule has 0 saturated heterocycles. The molecule has 1 aliphatic rings. The number of amides is 3. The molecule has 36 heavy (non-hydrogen) atoms. The van der Waals surface area contributed by atoms with Crippen molar-refractivity contribution in [2.45, 2.75) is 81.9 Å². The van der Waals surface area contributed by atoms with Crippen LogP contribution in [0.3, 0.4) is 0 Å². The Kier molecular flexibility index (Phi) is 11.0. The summed E-state index contributed by atoms with van der Waals surface area (Å²) in [6.07, 6.45) is -0.0878. The van der Waals surface area contributed by atoms with Crippen molar-refractivity contribution in [2.75, 3.05) is 13.1 Å². The highest BCUT2D eigenvalue weighted by Crippen LogP contribution is 2.34. The summed E-state index contributed by atoms with van der Waals surface area (Å²) in [5.74, 6) is -1.42. The van der Waals surface area contributed by atoms with E-state index in [1.54, 1.807) is 0 Å². The van der Waals surface area contributed by atoms with Crippen LogP contribution in [0.25, 0.3) is 0 Å².